The molecule has 14 N–H and O–H groups in total. The molecule has 2 fully saturated rings. The molecule has 0 aliphatic carbocycles. The van der Waals surface area contributed by atoms with Gasteiger partial charge in [0.1, 0.15) is 24.4 Å². The van der Waals surface area contributed by atoms with Gasteiger partial charge in [-0.2, -0.15) is 46.2 Å². The Morgan fingerprint density at radius 3 is 1.16 bits per heavy atom. The lowest BCUT2D eigenvalue weighted by Gasteiger charge is -2.46. The summed E-state index contributed by atoms with van der Waals surface area (Å²) >= 11 is 5.90. The monoisotopic (exact) mass is 1350 g/mol. The second-order valence-corrected chi connectivity index (χ2v) is 25.7. The molecule has 2 aliphatic heterocycles. The van der Waals surface area contributed by atoms with Crippen molar-refractivity contribution >= 4 is 93.6 Å². The average Bonchev–Trinajstić information content (AvgIpc) is 0.905. The molecule has 0 saturated carbocycles. The highest BCUT2D eigenvalue weighted by molar-refractivity contribution is 7.99. The van der Waals surface area contributed by atoms with Crippen molar-refractivity contribution < 1.29 is 98.2 Å². The molecular weight excluding hydrogens is 1280 g/mol. The van der Waals surface area contributed by atoms with Crippen LogP contribution in [0, 0.1) is 0 Å². The molecule has 0 unspecified atom stereocenters. The number of aliphatic hydroxyl groups is 6. The van der Waals surface area contributed by atoms with Gasteiger partial charge < -0.3 is 91.7 Å². The largest absolute Gasteiger partial charge is 0.477 e. The number of aliphatic carboxylic acids is 2. The summed E-state index contributed by atoms with van der Waals surface area (Å²) in [6.07, 6.45) is -14.6. The van der Waals surface area contributed by atoms with E-state index in [2.05, 4.69) is 31.9 Å². The molecule has 92 heavy (non-hydrogen) atoms. The number of rotatable bonds is 34. The zero-order valence-corrected chi connectivity index (χ0v) is 53.4. The van der Waals surface area contributed by atoms with Crippen molar-refractivity contribution in [2.24, 2.45) is 0 Å². The Balaban J connectivity index is 0.771. The van der Waals surface area contributed by atoms with Crippen LogP contribution in [0.5, 0.6) is 0 Å². The first-order valence-electron chi connectivity index (χ1n) is 29.4. The van der Waals surface area contributed by atoms with E-state index >= 15 is 0 Å². The number of nitrogens with one attached hydrogen (secondary N) is 6. The SMILES string of the molecule is CC(=O)N[C@H]1[C@H]([C@H](O)[C@H](O)CNC(=O)c2ccc(-c3ccsc3)cc2)O[C@@](OCCCSCCNC(=O)c2ccc(C(=O)NCCSCCCO[C@]3(C(=O)O)C[C@H](O)[C@@H](NC(C)=O)[C@H]([C@H](O)[C@H](O)CNC(=O)c4ccc(-c5ccsc5)cc4)O3)cc2)(C(=O)O)C[C@@H]1O. The highest BCUT2D eigenvalue weighted by atomic mass is 32.2. The number of hydrogen-bond donors (Lipinski definition) is 14. The minimum Gasteiger partial charge on any atom is -0.477 e. The van der Waals surface area contributed by atoms with E-state index < -0.39 is 146 Å². The number of carbonyl (C=O) groups is 8. The van der Waals surface area contributed by atoms with Crippen LogP contribution < -0.4 is 31.9 Å². The minimum absolute atomic E-state index is 0.182. The Morgan fingerprint density at radius 1 is 0.511 bits per heavy atom. The van der Waals surface area contributed by atoms with E-state index in [4.69, 9.17) is 18.9 Å². The van der Waals surface area contributed by atoms with Gasteiger partial charge in [-0.15, -0.1) is 0 Å². The quantitative estimate of drug-likeness (QED) is 0.0262. The maximum Gasteiger partial charge on any atom is 0.364 e. The van der Waals surface area contributed by atoms with Crippen LogP contribution in [-0.2, 0) is 38.1 Å². The Kier molecular flexibility index (Phi) is 27.5. The smallest absolute Gasteiger partial charge is 0.364 e. The first-order valence-corrected chi connectivity index (χ1v) is 33.6. The number of carboxylic acid groups (broad SMARTS) is 2. The van der Waals surface area contributed by atoms with Crippen LogP contribution in [0.1, 0.15) is 81.0 Å². The first kappa shape index (κ1) is 72.5. The van der Waals surface area contributed by atoms with Gasteiger partial charge in [-0.25, -0.2) is 9.59 Å². The van der Waals surface area contributed by atoms with Gasteiger partial charge in [0.25, 0.3) is 35.2 Å². The van der Waals surface area contributed by atoms with Gasteiger partial charge >= 0.3 is 11.9 Å². The molecule has 0 spiro atoms. The summed E-state index contributed by atoms with van der Waals surface area (Å²) in [5.41, 5.74) is 4.91. The summed E-state index contributed by atoms with van der Waals surface area (Å²) < 4.78 is 23.1. The maximum atomic E-state index is 12.9. The molecule has 26 nitrogen and oxygen atoms in total. The third-order valence-corrected chi connectivity index (χ3v) is 18.5. The summed E-state index contributed by atoms with van der Waals surface area (Å²) in [4.78, 5) is 101. The van der Waals surface area contributed by atoms with Crippen molar-refractivity contribution in [2.75, 3.05) is 62.4 Å². The predicted octanol–water partition coefficient (Wildman–Crippen LogP) is 2.06. The van der Waals surface area contributed by atoms with Crippen molar-refractivity contribution in [3.63, 3.8) is 0 Å². The second kappa shape index (κ2) is 34.9. The number of aliphatic hydroxyl groups excluding tert-OH is 6. The molecule has 4 heterocycles. The number of carbonyl (C=O) groups excluding carboxylic acids is 6. The van der Waals surface area contributed by atoms with Crippen molar-refractivity contribution in [3.8, 4) is 22.3 Å². The third-order valence-electron chi connectivity index (χ3n) is 15.0. The van der Waals surface area contributed by atoms with Crippen molar-refractivity contribution in [1.82, 2.24) is 31.9 Å². The Labute approximate surface area is 546 Å². The zero-order chi connectivity index (χ0) is 66.5. The standard InChI is InChI=1S/C62H76N6O20S4/c1-35(69)67-49-45(71)29-61(59(81)82,87-53(49)51(75)47(73)31-65-57(79)41-9-5-37(6-10-41)43-17-25-91-33-43)85-21-3-23-89-27-19-63-55(77)39-13-15-40(16-14-39)56(78)64-20-28-90-24-4-22-86-62(60(83)84)30-46(72)50(68-36(2)70)54(88-62)52(76)48(74)32-66-58(80)42-11-7-38(8-12-42)44-18-26-92-34-44/h5-18,25-26,33-34,45-54,71-76H,3-4,19-24,27-32H2,1-2H3,(H,63,77)(H,64,78)(H,65,79)(H,66,80)(H,67,69)(H,68,70)(H,81,82)(H,83,84)/t45-,46-,47+,48+,49+,50+,51+,52+,53+,54+,61+,62+/m0/s1. The summed E-state index contributed by atoms with van der Waals surface area (Å²) in [7, 11) is 0. The molecule has 5 aromatic rings. The van der Waals surface area contributed by atoms with E-state index in [1.807, 2.05) is 33.7 Å². The second-order valence-electron chi connectivity index (χ2n) is 21.7. The third kappa shape index (κ3) is 20.1. The van der Waals surface area contributed by atoms with Gasteiger partial charge in [0.15, 0.2) is 0 Å². The van der Waals surface area contributed by atoms with E-state index in [1.165, 1.54) is 70.5 Å². The number of ether oxygens (including phenoxy) is 4. The van der Waals surface area contributed by atoms with E-state index in [0.717, 1.165) is 36.1 Å². The fourth-order valence-corrected chi connectivity index (χ4v) is 13.0. The molecular formula is C62H76N6O20S4. The average molecular weight is 1350 g/mol. The lowest BCUT2D eigenvalue weighted by molar-refractivity contribution is -0.310. The number of carboxylic acids is 2. The van der Waals surface area contributed by atoms with Crippen LogP contribution >= 0.6 is 46.2 Å². The van der Waals surface area contributed by atoms with Gasteiger partial charge in [0, 0.05) is 86.6 Å². The van der Waals surface area contributed by atoms with Crippen LogP contribution in [0.3, 0.4) is 0 Å². The fourth-order valence-electron chi connectivity index (χ4n) is 10.1. The predicted molar refractivity (Wildman–Crippen MR) is 342 cm³/mol. The van der Waals surface area contributed by atoms with Gasteiger partial charge in [-0.3, -0.25) is 28.8 Å². The highest BCUT2D eigenvalue weighted by Gasteiger charge is 2.57. The van der Waals surface area contributed by atoms with E-state index in [9.17, 15) is 79.2 Å². The molecule has 6 amide bonds. The lowest BCUT2D eigenvalue weighted by Crippen LogP contribution is -2.68. The Morgan fingerprint density at radius 2 is 0.848 bits per heavy atom. The Bertz CT molecular complexity index is 3030. The van der Waals surface area contributed by atoms with E-state index in [-0.39, 0.29) is 37.4 Å². The minimum atomic E-state index is -2.49. The molecule has 0 radical (unpaired) electrons. The highest BCUT2D eigenvalue weighted by Crippen LogP contribution is 2.36. The molecule has 3 aromatic carbocycles. The number of amides is 6. The number of benzene rings is 3. The molecule has 12 atom stereocenters. The van der Waals surface area contributed by atoms with Crippen LogP contribution in [-0.4, -0.2) is 223 Å². The number of thioether (sulfide) groups is 2. The van der Waals surface area contributed by atoms with E-state index in [1.54, 1.807) is 48.5 Å². The summed E-state index contributed by atoms with van der Waals surface area (Å²) in [6, 6.07) is 20.6. The van der Waals surface area contributed by atoms with Crippen LogP contribution in [0.4, 0.5) is 0 Å². The van der Waals surface area contributed by atoms with Crippen LogP contribution in [0.2, 0.25) is 0 Å². The van der Waals surface area contributed by atoms with Gasteiger partial charge in [0.05, 0.1) is 49.7 Å². The molecule has 30 heteroatoms. The summed E-state index contributed by atoms with van der Waals surface area (Å²) in [5.74, 6) is -9.60. The van der Waals surface area contributed by atoms with E-state index in [0.29, 0.717) is 47.0 Å². The molecule has 2 aliphatic rings. The van der Waals surface area contributed by atoms with Crippen LogP contribution in [0.15, 0.2) is 106 Å². The number of thiophene rings is 2. The zero-order valence-electron chi connectivity index (χ0n) is 50.2. The van der Waals surface area contributed by atoms with Gasteiger partial charge in [-0.05, 0) is 129 Å². The number of hydrogen-bond acceptors (Lipinski definition) is 22. The van der Waals surface area contributed by atoms with Crippen molar-refractivity contribution in [1.29, 1.82) is 0 Å². The van der Waals surface area contributed by atoms with Crippen molar-refractivity contribution in [3.05, 3.63) is 129 Å². The lowest BCUT2D eigenvalue weighted by atomic mass is 9.88. The topological polar surface area (TPSA) is 408 Å². The molecule has 2 aromatic heterocycles. The van der Waals surface area contributed by atoms with Gasteiger partial charge in [0.2, 0.25) is 11.8 Å². The summed E-state index contributed by atoms with van der Waals surface area (Å²) in [5, 5.41) is 111. The fraction of sp³-hybridized carbons (Fsp3) is 0.452. The molecule has 0 bridgehead atoms. The first-order chi connectivity index (χ1) is 44.0. The van der Waals surface area contributed by atoms with Crippen molar-refractivity contribution in [2.45, 2.75) is 112 Å². The molecule has 7 rings (SSSR count). The normalized spacial score (nSPS) is 22.6. The van der Waals surface area contributed by atoms with Crippen LogP contribution in [0.25, 0.3) is 22.3 Å². The van der Waals surface area contributed by atoms with Gasteiger partial charge in [-0.1, -0.05) is 24.3 Å². The molecule has 2 saturated heterocycles. The Hall–Kier alpha value is -6.88. The molecule has 498 valence electrons. The maximum absolute atomic E-state index is 12.9. The summed E-state index contributed by atoms with van der Waals surface area (Å²) in [6.45, 7) is 1.44.